The third-order valence-electron chi connectivity index (χ3n) is 5.61. The molecule has 192 valence electrons. The molecule has 2 amide bonds. The highest BCUT2D eigenvalue weighted by Gasteiger charge is 2.32. The predicted octanol–water partition coefficient (Wildman–Crippen LogP) is 4.56. The molecule has 2 aromatic rings. The van der Waals surface area contributed by atoms with Crippen LogP contribution < -0.4 is 9.62 Å². The molecule has 0 saturated heterocycles. The van der Waals surface area contributed by atoms with Crippen LogP contribution in [0, 0.1) is 0 Å². The summed E-state index contributed by atoms with van der Waals surface area (Å²) in [5.74, 6) is -0.460. The average molecular weight is 522 g/mol. The zero-order valence-corrected chi connectivity index (χ0v) is 22.9. The van der Waals surface area contributed by atoms with E-state index in [-0.39, 0.29) is 24.4 Å². The van der Waals surface area contributed by atoms with E-state index < -0.39 is 28.5 Å². The van der Waals surface area contributed by atoms with Crippen molar-refractivity contribution in [2.45, 2.75) is 65.6 Å². The normalized spacial score (nSPS) is 12.5. The number of nitrogens with one attached hydrogen (secondary N) is 1. The minimum atomic E-state index is -3.76. The lowest BCUT2D eigenvalue weighted by Gasteiger charge is -2.33. The van der Waals surface area contributed by atoms with Crippen LogP contribution in [0.4, 0.5) is 5.69 Å². The molecule has 0 aliphatic heterocycles. The lowest BCUT2D eigenvalue weighted by molar-refractivity contribution is -0.140. The van der Waals surface area contributed by atoms with Gasteiger partial charge in [0, 0.05) is 17.6 Å². The second-order valence-corrected chi connectivity index (χ2v) is 11.6. The van der Waals surface area contributed by atoms with Gasteiger partial charge < -0.3 is 10.2 Å². The van der Waals surface area contributed by atoms with Gasteiger partial charge in [-0.2, -0.15) is 0 Å². The van der Waals surface area contributed by atoms with Crippen LogP contribution in [0.2, 0.25) is 5.02 Å². The highest BCUT2D eigenvalue weighted by molar-refractivity contribution is 7.92. The molecule has 0 aliphatic carbocycles. The quantitative estimate of drug-likeness (QED) is 0.469. The summed E-state index contributed by atoms with van der Waals surface area (Å²) in [6, 6.07) is 13.3. The lowest BCUT2D eigenvalue weighted by Crippen LogP contribution is -2.53. The number of benzene rings is 2. The van der Waals surface area contributed by atoms with Crippen molar-refractivity contribution in [1.29, 1.82) is 0 Å². The number of hydrogen-bond acceptors (Lipinski definition) is 4. The number of carbonyl (C=O) groups excluding carboxylic acids is 2. The zero-order chi connectivity index (χ0) is 26.3. The van der Waals surface area contributed by atoms with Gasteiger partial charge in [0.2, 0.25) is 21.8 Å². The molecule has 2 rings (SSSR count). The molecule has 9 heteroatoms. The monoisotopic (exact) mass is 521 g/mol. The summed E-state index contributed by atoms with van der Waals surface area (Å²) in [5, 5.41) is 3.43. The molecular weight excluding hydrogens is 486 g/mol. The van der Waals surface area contributed by atoms with Crippen molar-refractivity contribution in [3.63, 3.8) is 0 Å². The third kappa shape index (κ3) is 8.25. The molecular formula is C26H36ClN3O4S. The Labute approximate surface area is 214 Å². The SMILES string of the molecule is CCC(C(=O)NC(C)C)N(Cc1ccc(Cl)cc1)C(=O)CN(c1ccc(C(C)C)cc1)S(C)(=O)=O. The molecule has 0 fully saturated rings. The van der Waals surface area contributed by atoms with Gasteiger partial charge in [-0.3, -0.25) is 13.9 Å². The summed E-state index contributed by atoms with van der Waals surface area (Å²) in [6.07, 6.45) is 1.45. The van der Waals surface area contributed by atoms with Gasteiger partial charge in [0.05, 0.1) is 11.9 Å². The van der Waals surface area contributed by atoms with Gasteiger partial charge in [-0.1, -0.05) is 56.6 Å². The van der Waals surface area contributed by atoms with Crippen molar-refractivity contribution in [1.82, 2.24) is 10.2 Å². The topological polar surface area (TPSA) is 86.8 Å². The molecule has 1 unspecified atom stereocenters. The van der Waals surface area contributed by atoms with Crippen molar-refractivity contribution >= 4 is 39.1 Å². The highest BCUT2D eigenvalue weighted by atomic mass is 35.5. The Bertz CT molecular complexity index is 1100. The Morgan fingerprint density at radius 2 is 1.54 bits per heavy atom. The standard InChI is InChI=1S/C26H36ClN3O4S/c1-7-24(26(32)28-19(4)5)29(16-20-8-12-22(27)13-9-20)25(31)17-30(35(6,33)34)23-14-10-21(11-15-23)18(2)3/h8-15,18-19,24H,7,16-17H2,1-6H3,(H,28,32). The maximum atomic E-state index is 13.6. The lowest BCUT2D eigenvalue weighted by atomic mass is 10.0. The number of hydrogen-bond donors (Lipinski definition) is 1. The van der Waals surface area contributed by atoms with Crippen molar-refractivity contribution in [2.75, 3.05) is 17.1 Å². The fourth-order valence-corrected chi connectivity index (χ4v) is 4.70. The van der Waals surface area contributed by atoms with Gasteiger partial charge in [-0.25, -0.2) is 8.42 Å². The maximum absolute atomic E-state index is 13.6. The second-order valence-electron chi connectivity index (χ2n) is 9.25. The van der Waals surface area contributed by atoms with Crippen LogP contribution in [0.5, 0.6) is 0 Å². The number of rotatable bonds is 11. The first-order valence-corrected chi connectivity index (χ1v) is 14.0. The molecule has 0 aromatic heterocycles. The Balaban J connectivity index is 2.42. The Morgan fingerprint density at radius 3 is 2.00 bits per heavy atom. The predicted molar refractivity (Wildman–Crippen MR) is 142 cm³/mol. The summed E-state index contributed by atoms with van der Waals surface area (Å²) in [6.45, 7) is 9.35. The second kappa shape index (κ2) is 12.4. The van der Waals surface area contributed by atoms with Gasteiger partial charge in [0.25, 0.3) is 0 Å². The molecule has 35 heavy (non-hydrogen) atoms. The van der Waals surface area contributed by atoms with Gasteiger partial charge >= 0.3 is 0 Å². The largest absolute Gasteiger partial charge is 0.352 e. The van der Waals surface area contributed by atoms with E-state index in [1.165, 1.54) is 4.90 Å². The molecule has 2 aromatic carbocycles. The first-order chi connectivity index (χ1) is 16.3. The van der Waals surface area contributed by atoms with E-state index in [0.717, 1.165) is 21.7 Å². The van der Waals surface area contributed by atoms with Crippen molar-refractivity contribution in [2.24, 2.45) is 0 Å². The van der Waals surface area contributed by atoms with Crippen LogP contribution >= 0.6 is 11.6 Å². The smallest absolute Gasteiger partial charge is 0.244 e. The van der Waals surface area contributed by atoms with Crippen LogP contribution in [-0.2, 0) is 26.2 Å². The summed E-state index contributed by atoms with van der Waals surface area (Å²) >= 11 is 6.01. The Kier molecular flexibility index (Phi) is 10.2. The number of nitrogens with zero attached hydrogens (tertiary/aromatic N) is 2. The molecule has 0 bridgehead atoms. The summed E-state index contributed by atoms with van der Waals surface area (Å²) in [7, 11) is -3.76. The Morgan fingerprint density at radius 1 is 0.971 bits per heavy atom. The van der Waals surface area contributed by atoms with E-state index in [9.17, 15) is 18.0 Å². The molecule has 1 N–H and O–H groups in total. The first-order valence-electron chi connectivity index (χ1n) is 11.7. The van der Waals surface area contributed by atoms with Crippen molar-refractivity contribution in [3.8, 4) is 0 Å². The molecule has 0 spiro atoms. The number of anilines is 1. The van der Waals surface area contributed by atoms with Gasteiger partial charge in [-0.15, -0.1) is 0 Å². The molecule has 0 saturated carbocycles. The molecule has 0 radical (unpaired) electrons. The zero-order valence-electron chi connectivity index (χ0n) is 21.3. The highest BCUT2D eigenvalue weighted by Crippen LogP contribution is 2.23. The average Bonchev–Trinajstić information content (AvgIpc) is 2.77. The molecule has 0 heterocycles. The number of amides is 2. The summed E-state index contributed by atoms with van der Waals surface area (Å²) in [4.78, 5) is 28.0. The molecule has 0 aliphatic rings. The molecule has 1 atom stereocenters. The van der Waals surface area contributed by atoms with Gasteiger partial charge in [-0.05, 0) is 61.6 Å². The minimum Gasteiger partial charge on any atom is -0.352 e. The summed E-state index contributed by atoms with van der Waals surface area (Å²) < 4.78 is 26.5. The van der Waals surface area contributed by atoms with E-state index in [2.05, 4.69) is 19.2 Å². The summed E-state index contributed by atoms with van der Waals surface area (Å²) in [5.41, 5.74) is 2.25. The van der Waals surface area contributed by atoms with Crippen LogP contribution in [0.25, 0.3) is 0 Å². The van der Waals surface area contributed by atoms with Crippen LogP contribution in [-0.4, -0.2) is 50.0 Å². The number of carbonyl (C=O) groups is 2. The van der Waals surface area contributed by atoms with Crippen LogP contribution in [0.15, 0.2) is 48.5 Å². The molecule has 7 nitrogen and oxygen atoms in total. The fraction of sp³-hybridized carbons (Fsp3) is 0.462. The third-order valence-corrected chi connectivity index (χ3v) is 7.00. The van der Waals surface area contributed by atoms with E-state index >= 15 is 0 Å². The fourth-order valence-electron chi connectivity index (χ4n) is 3.73. The van der Waals surface area contributed by atoms with Gasteiger partial charge in [0.15, 0.2) is 0 Å². The van der Waals surface area contributed by atoms with Crippen LogP contribution in [0.1, 0.15) is 58.1 Å². The van der Waals surface area contributed by atoms with Crippen LogP contribution in [0.3, 0.4) is 0 Å². The number of halogens is 1. The van der Waals surface area contributed by atoms with E-state index in [0.29, 0.717) is 17.1 Å². The van der Waals surface area contributed by atoms with E-state index in [4.69, 9.17) is 11.6 Å². The van der Waals surface area contributed by atoms with Gasteiger partial charge in [0.1, 0.15) is 12.6 Å². The van der Waals surface area contributed by atoms with Crippen molar-refractivity contribution < 1.29 is 18.0 Å². The van der Waals surface area contributed by atoms with E-state index in [1.807, 2.05) is 32.9 Å². The number of sulfonamides is 1. The van der Waals surface area contributed by atoms with E-state index in [1.54, 1.807) is 36.4 Å². The Hall–Kier alpha value is -2.58. The van der Waals surface area contributed by atoms with Crippen molar-refractivity contribution in [3.05, 3.63) is 64.7 Å². The minimum absolute atomic E-state index is 0.101. The first kappa shape index (κ1) is 28.7. The maximum Gasteiger partial charge on any atom is 0.244 e.